The third-order valence-electron chi connectivity index (χ3n) is 2.12. The second-order valence-corrected chi connectivity index (χ2v) is 3.24. The minimum absolute atomic E-state index is 0.228. The molecule has 0 aromatic carbocycles. The first-order valence-electron chi connectivity index (χ1n) is 3.63. The first kappa shape index (κ1) is 6.99. The highest BCUT2D eigenvalue weighted by molar-refractivity contribution is 6.20. The first-order chi connectivity index (χ1) is 5.29. The predicted octanol–water partition coefficient (Wildman–Crippen LogP) is 2.45. The van der Waals surface area contributed by atoms with Crippen LogP contribution in [0.4, 0.5) is 0 Å². The second kappa shape index (κ2) is 2.42. The minimum atomic E-state index is -0.228. The van der Waals surface area contributed by atoms with Gasteiger partial charge in [-0.3, -0.25) is 0 Å². The largest absolute Gasteiger partial charge is 0.478 e. The number of rotatable bonds is 0. The fourth-order valence-electron chi connectivity index (χ4n) is 1.50. The van der Waals surface area contributed by atoms with Gasteiger partial charge >= 0.3 is 0 Å². The van der Waals surface area contributed by atoms with Crippen molar-refractivity contribution in [2.45, 2.75) is 5.56 Å². The van der Waals surface area contributed by atoms with Gasteiger partial charge in [0.2, 0.25) is 0 Å². The molecule has 0 N–H and O–H groups in total. The number of alkyl halides is 1. The molecular weight excluding hydrogens is 160 g/mol. The summed E-state index contributed by atoms with van der Waals surface area (Å²) in [5.41, 5.74) is -0.228. The van der Waals surface area contributed by atoms with Crippen molar-refractivity contribution in [3.63, 3.8) is 0 Å². The van der Waals surface area contributed by atoms with E-state index in [4.69, 9.17) is 16.3 Å². The SMILES string of the molecule is C=C1OC(Cl)C2C=CC=CC12. The lowest BCUT2D eigenvalue weighted by Gasteiger charge is -2.12. The molecular formula is C9H9ClO. The van der Waals surface area contributed by atoms with E-state index in [1.54, 1.807) is 0 Å². The molecule has 0 spiro atoms. The van der Waals surface area contributed by atoms with Crippen molar-refractivity contribution >= 4 is 11.6 Å². The monoisotopic (exact) mass is 168 g/mol. The molecule has 3 atom stereocenters. The maximum absolute atomic E-state index is 5.91. The van der Waals surface area contributed by atoms with Gasteiger partial charge in [-0.2, -0.15) is 0 Å². The average molecular weight is 169 g/mol. The van der Waals surface area contributed by atoms with Crippen LogP contribution in [0.1, 0.15) is 0 Å². The van der Waals surface area contributed by atoms with Crippen LogP contribution < -0.4 is 0 Å². The van der Waals surface area contributed by atoms with Crippen molar-refractivity contribution in [1.82, 2.24) is 0 Å². The van der Waals surface area contributed by atoms with Crippen LogP contribution in [0.2, 0.25) is 0 Å². The Labute approximate surface area is 71.0 Å². The highest BCUT2D eigenvalue weighted by Crippen LogP contribution is 2.39. The zero-order valence-electron chi connectivity index (χ0n) is 6.03. The van der Waals surface area contributed by atoms with E-state index >= 15 is 0 Å². The maximum atomic E-state index is 5.91. The molecule has 1 fully saturated rings. The zero-order chi connectivity index (χ0) is 7.84. The molecule has 0 aromatic rings. The van der Waals surface area contributed by atoms with Crippen LogP contribution in [0.15, 0.2) is 36.6 Å². The lowest BCUT2D eigenvalue weighted by atomic mass is 9.90. The number of halogens is 1. The highest BCUT2D eigenvalue weighted by atomic mass is 35.5. The Morgan fingerprint density at radius 2 is 2.09 bits per heavy atom. The number of ether oxygens (including phenoxy) is 1. The van der Waals surface area contributed by atoms with Gasteiger partial charge in [0.1, 0.15) is 0 Å². The van der Waals surface area contributed by atoms with Crippen LogP contribution in [-0.4, -0.2) is 5.56 Å². The fraction of sp³-hybridized carbons (Fsp3) is 0.333. The van der Waals surface area contributed by atoms with Crippen molar-refractivity contribution in [3.8, 4) is 0 Å². The Morgan fingerprint density at radius 3 is 2.82 bits per heavy atom. The number of hydrogen-bond donors (Lipinski definition) is 0. The van der Waals surface area contributed by atoms with E-state index in [0.29, 0.717) is 5.92 Å². The van der Waals surface area contributed by atoms with Gasteiger partial charge in [-0.15, -0.1) is 0 Å². The van der Waals surface area contributed by atoms with E-state index in [2.05, 4.69) is 18.7 Å². The molecule has 1 aliphatic carbocycles. The van der Waals surface area contributed by atoms with Gasteiger partial charge in [0.05, 0.1) is 5.76 Å². The molecule has 2 heteroatoms. The standard InChI is InChI=1S/C9H9ClO/c1-6-7-4-2-3-5-8(7)9(10)11-6/h2-5,7-9H,1H2. The highest BCUT2D eigenvalue weighted by Gasteiger charge is 2.37. The second-order valence-electron chi connectivity index (χ2n) is 2.81. The summed E-state index contributed by atoms with van der Waals surface area (Å²) in [5, 5.41) is 0. The normalized spacial score (nSPS) is 40.5. The topological polar surface area (TPSA) is 9.23 Å². The van der Waals surface area contributed by atoms with Crippen LogP contribution in [-0.2, 0) is 4.74 Å². The Balaban J connectivity index is 2.29. The third-order valence-corrected chi connectivity index (χ3v) is 2.50. The van der Waals surface area contributed by atoms with E-state index < -0.39 is 0 Å². The molecule has 58 valence electrons. The van der Waals surface area contributed by atoms with Crippen molar-refractivity contribution in [1.29, 1.82) is 0 Å². The average Bonchev–Trinajstić information content (AvgIpc) is 2.30. The molecule has 1 nitrogen and oxygen atoms in total. The Bertz CT molecular complexity index is 242. The van der Waals surface area contributed by atoms with Crippen molar-refractivity contribution < 1.29 is 4.74 Å². The molecule has 0 radical (unpaired) electrons. The summed E-state index contributed by atoms with van der Waals surface area (Å²) in [6, 6.07) is 0. The molecule has 1 saturated heterocycles. The van der Waals surface area contributed by atoms with Gasteiger partial charge in [0.25, 0.3) is 0 Å². The van der Waals surface area contributed by atoms with Crippen molar-refractivity contribution in [2.75, 3.05) is 0 Å². The van der Waals surface area contributed by atoms with Gasteiger partial charge in [-0.05, 0) is 0 Å². The summed E-state index contributed by atoms with van der Waals surface area (Å²) in [6.07, 6.45) is 8.15. The number of allylic oxidation sites excluding steroid dienone is 3. The summed E-state index contributed by atoms with van der Waals surface area (Å²) in [7, 11) is 0. The Kier molecular flexibility index (Phi) is 1.53. The van der Waals surface area contributed by atoms with Crippen LogP contribution in [0, 0.1) is 11.8 Å². The quantitative estimate of drug-likeness (QED) is 0.505. The minimum Gasteiger partial charge on any atom is -0.478 e. The first-order valence-corrected chi connectivity index (χ1v) is 4.07. The number of fused-ring (bicyclic) bond motifs is 1. The molecule has 3 unspecified atom stereocenters. The smallest absolute Gasteiger partial charge is 0.178 e. The molecule has 1 heterocycles. The van der Waals surface area contributed by atoms with Crippen LogP contribution in [0.25, 0.3) is 0 Å². The van der Waals surface area contributed by atoms with E-state index in [1.807, 2.05) is 12.2 Å². The molecule has 0 amide bonds. The summed E-state index contributed by atoms with van der Waals surface area (Å²) in [4.78, 5) is 0. The van der Waals surface area contributed by atoms with Gasteiger partial charge in [0.15, 0.2) is 5.56 Å². The Hall–Kier alpha value is -0.690. The fourth-order valence-corrected chi connectivity index (χ4v) is 1.85. The lowest BCUT2D eigenvalue weighted by molar-refractivity contribution is 0.215. The van der Waals surface area contributed by atoms with Gasteiger partial charge in [-0.25, -0.2) is 0 Å². The van der Waals surface area contributed by atoms with Crippen LogP contribution in [0.5, 0.6) is 0 Å². The van der Waals surface area contributed by atoms with Gasteiger partial charge < -0.3 is 4.74 Å². The van der Waals surface area contributed by atoms with E-state index in [0.717, 1.165) is 5.76 Å². The molecule has 1 aliphatic heterocycles. The summed E-state index contributed by atoms with van der Waals surface area (Å²) < 4.78 is 5.28. The summed E-state index contributed by atoms with van der Waals surface area (Å²) in [5.74, 6) is 1.37. The molecule has 0 aromatic heterocycles. The number of hydrogen-bond acceptors (Lipinski definition) is 1. The summed E-state index contributed by atoms with van der Waals surface area (Å²) in [6.45, 7) is 3.80. The van der Waals surface area contributed by atoms with Crippen LogP contribution >= 0.6 is 11.6 Å². The third kappa shape index (κ3) is 1.000. The van der Waals surface area contributed by atoms with Crippen molar-refractivity contribution in [3.05, 3.63) is 36.6 Å². The molecule has 0 saturated carbocycles. The van der Waals surface area contributed by atoms with Gasteiger partial charge in [0, 0.05) is 11.8 Å². The zero-order valence-corrected chi connectivity index (χ0v) is 6.79. The molecule has 0 bridgehead atoms. The van der Waals surface area contributed by atoms with Crippen molar-refractivity contribution in [2.24, 2.45) is 11.8 Å². The van der Waals surface area contributed by atoms with E-state index in [1.165, 1.54) is 0 Å². The molecule has 11 heavy (non-hydrogen) atoms. The van der Waals surface area contributed by atoms with Crippen LogP contribution in [0.3, 0.4) is 0 Å². The Morgan fingerprint density at radius 1 is 1.36 bits per heavy atom. The lowest BCUT2D eigenvalue weighted by Crippen LogP contribution is -2.12. The molecule has 2 rings (SSSR count). The van der Waals surface area contributed by atoms with E-state index in [9.17, 15) is 0 Å². The summed E-state index contributed by atoms with van der Waals surface area (Å²) >= 11 is 5.91. The van der Waals surface area contributed by atoms with E-state index in [-0.39, 0.29) is 11.5 Å². The predicted molar refractivity (Wildman–Crippen MR) is 45.1 cm³/mol. The van der Waals surface area contributed by atoms with Gasteiger partial charge in [-0.1, -0.05) is 42.5 Å². The maximum Gasteiger partial charge on any atom is 0.178 e. The molecule has 2 aliphatic rings.